The molecule has 0 radical (unpaired) electrons. The van der Waals surface area contributed by atoms with Crippen LogP contribution in [0.15, 0.2) is 48.5 Å². The van der Waals surface area contributed by atoms with E-state index in [-0.39, 0.29) is 11.7 Å². The van der Waals surface area contributed by atoms with Gasteiger partial charge in [0, 0.05) is 36.1 Å². The first-order valence-electron chi connectivity index (χ1n) is 8.31. The van der Waals surface area contributed by atoms with Gasteiger partial charge in [-0.05, 0) is 35.7 Å². The Hall–Kier alpha value is -2.62. The molecule has 3 nitrogen and oxygen atoms in total. The molecule has 24 heavy (non-hydrogen) atoms. The Morgan fingerprint density at radius 3 is 2.62 bits per heavy atom. The average Bonchev–Trinajstić information content (AvgIpc) is 2.81. The molecule has 4 heteroatoms. The van der Waals surface area contributed by atoms with Crippen LogP contribution in [0.5, 0.6) is 0 Å². The van der Waals surface area contributed by atoms with Gasteiger partial charge in [0.25, 0.3) is 0 Å². The molecule has 0 unspecified atom stereocenters. The zero-order valence-corrected chi connectivity index (χ0v) is 13.4. The van der Waals surface area contributed by atoms with E-state index < -0.39 is 0 Å². The fraction of sp³-hybridized carbons (Fsp3) is 0.250. The summed E-state index contributed by atoms with van der Waals surface area (Å²) in [6.07, 6.45) is 2.04. The number of hydrogen-bond acceptors (Lipinski definition) is 1. The minimum Gasteiger partial charge on any atom is -0.358 e. The summed E-state index contributed by atoms with van der Waals surface area (Å²) >= 11 is 0. The van der Waals surface area contributed by atoms with Crippen molar-refractivity contribution in [2.45, 2.75) is 19.3 Å². The van der Waals surface area contributed by atoms with Gasteiger partial charge in [-0.1, -0.05) is 30.3 Å². The van der Waals surface area contributed by atoms with E-state index in [1.54, 1.807) is 12.1 Å². The highest BCUT2D eigenvalue weighted by atomic mass is 19.1. The Bertz CT molecular complexity index is 882. The first kappa shape index (κ1) is 14.9. The molecule has 2 heterocycles. The molecule has 122 valence electrons. The molecule has 0 spiro atoms. The predicted molar refractivity (Wildman–Crippen MR) is 92.4 cm³/mol. The molecule has 0 bridgehead atoms. The van der Waals surface area contributed by atoms with Gasteiger partial charge in [-0.15, -0.1) is 0 Å². The van der Waals surface area contributed by atoms with Crippen LogP contribution in [0.2, 0.25) is 0 Å². The molecule has 0 atom stereocenters. The average molecular weight is 322 g/mol. The molecule has 3 aromatic rings. The van der Waals surface area contributed by atoms with E-state index in [9.17, 15) is 9.18 Å². The molecule has 0 aliphatic carbocycles. The van der Waals surface area contributed by atoms with Gasteiger partial charge >= 0.3 is 0 Å². The Kier molecular flexibility index (Phi) is 3.81. The van der Waals surface area contributed by atoms with Crippen LogP contribution in [0, 0.1) is 5.82 Å². The quantitative estimate of drug-likeness (QED) is 0.770. The molecule has 0 saturated carbocycles. The second-order valence-electron chi connectivity index (χ2n) is 6.31. The van der Waals surface area contributed by atoms with Gasteiger partial charge in [-0.3, -0.25) is 4.79 Å². The number of carbonyl (C=O) groups is 1. The highest BCUT2D eigenvalue weighted by Crippen LogP contribution is 2.25. The van der Waals surface area contributed by atoms with Crippen LogP contribution >= 0.6 is 0 Å². The number of benzene rings is 2. The van der Waals surface area contributed by atoms with Crippen molar-refractivity contribution in [3.8, 4) is 0 Å². The second-order valence-corrected chi connectivity index (χ2v) is 6.31. The van der Waals surface area contributed by atoms with Gasteiger partial charge in [0.15, 0.2) is 0 Å². The lowest BCUT2D eigenvalue weighted by molar-refractivity contribution is -0.130. The number of aromatic nitrogens is 1. The number of carbonyl (C=O) groups excluding carboxylic acids is 1. The van der Waals surface area contributed by atoms with Crippen LogP contribution in [0.4, 0.5) is 4.39 Å². The lowest BCUT2D eigenvalue weighted by Gasteiger charge is -2.20. The van der Waals surface area contributed by atoms with Crippen molar-refractivity contribution >= 4 is 16.8 Å². The van der Waals surface area contributed by atoms with Gasteiger partial charge in [-0.2, -0.15) is 0 Å². The molecule has 4 rings (SSSR count). The van der Waals surface area contributed by atoms with E-state index in [4.69, 9.17) is 0 Å². The maximum atomic E-state index is 13.0. The van der Waals surface area contributed by atoms with E-state index in [1.807, 2.05) is 11.0 Å². The van der Waals surface area contributed by atoms with Crippen LogP contribution < -0.4 is 0 Å². The van der Waals surface area contributed by atoms with Gasteiger partial charge < -0.3 is 9.88 Å². The third kappa shape index (κ3) is 2.80. The van der Waals surface area contributed by atoms with Gasteiger partial charge in [0.05, 0.1) is 6.42 Å². The third-order valence-electron chi connectivity index (χ3n) is 4.79. The van der Waals surface area contributed by atoms with Crippen LogP contribution in [0.25, 0.3) is 10.9 Å². The highest BCUT2D eigenvalue weighted by Gasteiger charge is 2.21. The van der Waals surface area contributed by atoms with Crippen LogP contribution in [-0.2, 0) is 24.1 Å². The number of halogens is 1. The first-order valence-corrected chi connectivity index (χ1v) is 8.31. The predicted octanol–water partition coefficient (Wildman–Crippen LogP) is 3.48. The zero-order chi connectivity index (χ0) is 16.5. The van der Waals surface area contributed by atoms with E-state index in [2.05, 4.69) is 23.2 Å². The number of fused-ring (bicyclic) bond motifs is 3. The van der Waals surface area contributed by atoms with Crippen molar-refractivity contribution in [2.75, 3.05) is 13.1 Å². The van der Waals surface area contributed by atoms with Crippen molar-refractivity contribution in [3.05, 3.63) is 71.2 Å². The summed E-state index contributed by atoms with van der Waals surface area (Å²) in [5, 5.41) is 1.26. The Morgan fingerprint density at radius 1 is 1.04 bits per heavy atom. The summed E-state index contributed by atoms with van der Waals surface area (Å²) in [7, 11) is 0. The maximum Gasteiger partial charge on any atom is 0.227 e. The normalized spacial score (nSPS) is 14.5. The lowest BCUT2D eigenvalue weighted by Crippen LogP contribution is -2.34. The van der Waals surface area contributed by atoms with Gasteiger partial charge in [0.1, 0.15) is 5.82 Å². The van der Waals surface area contributed by atoms with E-state index in [0.717, 1.165) is 31.5 Å². The number of nitrogens with zero attached hydrogens (tertiary/aromatic N) is 1. The SMILES string of the molecule is O=C(Cc1ccc(F)cc1)N1CCc2[nH]c3ccccc3c2CC1. The zero-order valence-electron chi connectivity index (χ0n) is 13.4. The number of aromatic amines is 1. The maximum absolute atomic E-state index is 13.0. The monoisotopic (exact) mass is 322 g/mol. The number of amides is 1. The summed E-state index contributed by atoms with van der Waals surface area (Å²) in [5.74, 6) is -0.164. The first-order chi connectivity index (χ1) is 11.7. The van der Waals surface area contributed by atoms with Crippen molar-refractivity contribution in [3.63, 3.8) is 0 Å². The Morgan fingerprint density at radius 2 is 1.79 bits per heavy atom. The fourth-order valence-corrected chi connectivity index (χ4v) is 3.50. The Balaban J connectivity index is 1.49. The molecule has 1 aromatic heterocycles. The molecule has 1 aliphatic rings. The molecular weight excluding hydrogens is 303 g/mol. The summed E-state index contributed by atoms with van der Waals surface area (Å²) in [6.45, 7) is 1.45. The number of H-pyrrole nitrogens is 1. The molecular formula is C20H19FN2O. The van der Waals surface area contributed by atoms with Crippen LogP contribution in [0.1, 0.15) is 16.8 Å². The Labute approximate surface area is 140 Å². The van der Waals surface area contributed by atoms with Crippen LogP contribution in [0.3, 0.4) is 0 Å². The smallest absolute Gasteiger partial charge is 0.227 e. The van der Waals surface area contributed by atoms with E-state index in [0.29, 0.717) is 6.42 Å². The third-order valence-corrected chi connectivity index (χ3v) is 4.79. The number of para-hydroxylation sites is 1. The highest BCUT2D eigenvalue weighted by molar-refractivity contribution is 5.85. The molecule has 0 fully saturated rings. The van der Waals surface area contributed by atoms with Gasteiger partial charge in [0.2, 0.25) is 5.91 Å². The summed E-state index contributed by atoms with van der Waals surface area (Å²) < 4.78 is 13.0. The van der Waals surface area contributed by atoms with Crippen molar-refractivity contribution in [1.29, 1.82) is 0 Å². The number of hydrogen-bond donors (Lipinski definition) is 1. The van der Waals surface area contributed by atoms with E-state index >= 15 is 0 Å². The number of rotatable bonds is 2. The summed E-state index contributed by atoms with van der Waals surface area (Å²) in [4.78, 5) is 18.0. The summed E-state index contributed by atoms with van der Waals surface area (Å²) in [5.41, 5.74) is 4.61. The fourth-order valence-electron chi connectivity index (χ4n) is 3.50. The molecule has 1 aliphatic heterocycles. The van der Waals surface area contributed by atoms with Crippen molar-refractivity contribution < 1.29 is 9.18 Å². The van der Waals surface area contributed by atoms with Crippen molar-refractivity contribution in [1.82, 2.24) is 9.88 Å². The summed E-state index contributed by atoms with van der Waals surface area (Å²) in [6, 6.07) is 14.5. The lowest BCUT2D eigenvalue weighted by atomic mass is 10.1. The number of nitrogens with one attached hydrogen (secondary N) is 1. The molecule has 1 amide bonds. The molecule has 1 N–H and O–H groups in total. The van der Waals surface area contributed by atoms with E-state index in [1.165, 1.54) is 34.3 Å². The van der Waals surface area contributed by atoms with Gasteiger partial charge in [-0.25, -0.2) is 4.39 Å². The minimum atomic E-state index is -0.272. The molecule has 2 aromatic carbocycles. The van der Waals surface area contributed by atoms with Crippen LogP contribution in [-0.4, -0.2) is 28.9 Å². The minimum absolute atomic E-state index is 0.107. The largest absolute Gasteiger partial charge is 0.358 e. The topological polar surface area (TPSA) is 36.1 Å². The standard InChI is InChI=1S/C20H19FN2O/c21-15-7-5-14(6-8-15)13-20(24)23-11-9-17-16-3-1-2-4-18(16)22-19(17)10-12-23/h1-8,22H,9-13H2. The second kappa shape index (κ2) is 6.11. The molecule has 0 saturated heterocycles. The van der Waals surface area contributed by atoms with Crippen molar-refractivity contribution in [2.24, 2.45) is 0 Å².